The Labute approximate surface area is 146 Å². The number of aromatic nitrogens is 1. The summed E-state index contributed by atoms with van der Waals surface area (Å²) in [5.74, 6) is 0.686. The van der Waals surface area contributed by atoms with Crippen LogP contribution >= 0.6 is 0 Å². The number of carbonyl (C=O) groups is 1. The molecule has 0 bridgehead atoms. The van der Waals surface area contributed by atoms with E-state index in [1.807, 2.05) is 43.3 Å². The van der Waals surface area contributed by atoms with Crippen molar-refractivity contribution in [1.29, 1.82) is 0 Å². The first kappa shape index (κ1) is 15.6. The molecule has 0 aliphatic heterocycles. The molecule has 0 radical (unpaired) electrons. The first-order chi connectivity index (χ1) is 12.2. The lowest BCUT2D eigenvalue weighted by Crippen LogP contribution is -2.28. The van der Waals surface area contributed by atoms with E-state index in [9.17, 15) is 4.79 Å². The van der Waals surface area contributed by atoms with Crippen LogP contribution in [0.25, 0.3) is 10.9 Å². The molecule has 4 heteroatoms. The van der Waals surface area contributed by atoms with Gasteiger partial charge in [0.05, 0.1) is 29.9 Å². The lowest BCUT2D eigenvalue weighted by atomic mass is 10.1. The van der Waals surface area contributed by atoms with E-state index in [0.29, 0.717) is 5.56 Å². The van der Waals surface area contributed by atoms with Crippen molar-refractivity contribution >= 4 is 16.8 Å². The van der Waals surface area contributed by atoms with Crippen LogP contribution in [0, 0.1) is 6.92 Å². The molecule has 126 valence electrons. The van der Waals surface area contributed by atoms with Gasteiger partial charge in [0.1, 0.15) is 5.75 Å². The third-order valence-electron chi connectivity index (χ3n) is 4.90. The van der Waals surface area contributed by atoms with E-state index < -0.39 is 0 Å². The van der Waals surface area contributed by atoms with Crippen LogP contribution < -0.4 is 10.1 Å². The predicted octanol–water partition coefficient (Wildman–Crippen LogP) is 3.97. The first-order valence-corrected chi connectivity index (χ1v) is 8.50. The Balaban J connectivity index is 1.65. The molecule has 3 aromatic rings. The summed E-state index contributed by atoms with van der Waals surface area (Å²) in [5.41, 5.74) is 4.77. The van der Waals surface area contributed by atoms with Gasteiger partial charge in [-0.25, -0.2) is 0 Å². The van der Waals surface area contributed by atoms with Gasteiger partial charge < -0.3 is 10.1 Å². The summed E-state index contributed by atoms with van der Waals surface area (Å²) < 4.78 is 5.27. The molecular weight excluding hydrogens is 312 g/mol. The van der Waals surface area contributed by atoms with Crippen LogP contribution in [0.15, 0.2) is 48.5 Å². The molecule has 1 heterocycles. The number of hydrogen-bond donors (Lipinski definition) is 1. The largest absolute Gasteiger partial charge is 0.497 e. The fourth-order valence-electron chi connectivity index (χ4n) is 3.55. The Morgan fingerprint density at radius 1 is 1.20 bits per heavy atom. The van der Waals surface area contributed by atoms with Crippen LogP contribution in [0.1, 0.15) is 39.6 Å². The molecule has 0 saturated heterocycles. The molecule has 4 rings (SSSR count). The Kier molecular flexibility index (Phi) is 3.88. The topological polar surface area (TPSA) is 51.2 Å². The summed E-state index contributed by atoms with van der Waals surface area (Å²) in [6.45, 7) is 1.88. The van der Waals surface area contributed by atoms with Crippen molar-refractivity contribution in [2.45, 2.75) is 25.8 Å². The van der Waals surface area contributed by atoms with Crippen molar-refractivity contribution in [3.05, 3.63) is 70.9 Å². The van der Waals surface area contributed by atoms with Crippen LogP contribution in [0.5, 0.6) is 5.75 Å². The molecule has 1 aliphatic carbocycles. The number of fused-ring (bicyclic) bond motifs is 2. The highest BCUT2D eigenvalue weighted by Crippen LogP contribution is 2.31. The molecule has 0 saturated carbocycles. The van der Waals surface area contributed by atoms with Crippen molar-refractivity contribution in [2.75, 3.05) is 7.11 Å². The number of nitrogens with one attached hydrogen (secondary N) is 1. The van der Waals surface area contributed by atoms with E-state index in [-0.39, 0.29) is 11.9 Å². The number of benzene rings is 2. The molecule has 2 aromatic carbocycles. The zero-order chi connectivity index (χ0) is 17.4. The summed E-state index contributed by atoms with van der Waals surface area (Å²) in [4.78, 5) is 17.4. The highest BCUT2D eigenvalue weighted by atomic mass is 16.5. The Morgan fingerprint density at radius 2 is 2.04 bits per heavy atom. The minimum Gasteiger partial charge on any atom is -0.497 e. The monoisotopic (exact) mass is 332 g/mol. The Morgan fingerprint density at radius 3 is 2.88 bits per heavy atom. The van der Waals surface area contributed by atoms with Crippen molar-refractivity contribution in [2.24, 2.45) is 0 Å². The second kappa shape index (κ2) is 6.20. The molecule has 1 unspecified atom stereocenters. The molecule has 1 atom stereocenters. The van der Waals surface area contributed by atoms with Gasteiger partial charge in [0.15, 0.2) is 0 Å². The number of hydrogen-bond acceptors (Lipinski definition) is 3. The molecule has 1 amide bonds. The minimum atomic E-state index is -0.0728. The highest BCUT2D eigenvalue weighted by molar-refractivity contribution is 5.99. The molecule has 1 N–H and O–H groups in total. The average Bonchev–Trinajstić information content (AvgIpc) is 3.03. The fourth-order valence-corrected chi connectivity index (χ4v) is 3.55. The summed E-state index contributed by atoms with van der Waals surface area (Å²) in [6.07, 6.45) is 1.95. The van der Waals surface area contributed by atoms with Gasteiger partial charge in [-0.3, -0.25) is 9.78 Å². The van der Waals surface area contributed by atoms with Gasteiger partial charge in [0, 0.05) is 5.39 Å². The van der Waals surface area contributed by atoms with E-state index in [2.05, 4.69) is 22.4 Å². The Bertz CT molecular complexity index is 965. The third kappa shape index (κ3) is 2.84. The van der Waals surface area contributed by atoms with Crippen molar-refractivity contribution in [3.63, 3.8) is 0 Å². The van der Waals surface area contributed by atoms with Gasteiger partial charge in [-0.2, -0.15) is 0 Å². The summed E-state index contributed by atoms with van der Waals surface area (Å²) >= 11 is 0. The maximum absolute atomic E-state index is 12.8. The van der Waals surface area contributed by atoms with Gasteiger partial charge in [-0.1, -0.05) is 24.3 Å². The minimum absolute atomic E-state index is 0.0728. The normalized spacial score (nSPS) is 15.8. The van der Waals surface area contributed by atoms with E-state index in [1.165, 1.54) is 11.1 Å². The fraction of sp³-hybridized carbons (Fsp3) is 0.238. The molecule has 1 aromatic heterocycles. The van der Waals surface area contributed by atoms with Crippen LogP contribution in [-0.2, 0) is 6.42 Å². The van der Waals surface area contributed by atoms with Gasteiger partial charge >= 0.3 is 0 Å². The zero-order valence-corrected chi connectivity index (χ0v) is 14.4. The predicted molar refractivity (Wildman–Crippen MR) is 98.0 cm³/mol. The van der Waals surface area contributed by atoms with Crippen LogP contribution in [-0.4, -0.2) is 18.0 Å². The number of ether oxygens (including phenoxy) is 1. The SMILES string of the molecule is COc1ccc2nc(C)c(C(=O)NC3CCc4ccccc43)cc2c1. The van der Waals surface area contributed by atoms with Crippen molar-refractivity contribution in [3.8, 4) is 5.75 Å². The standard InChI is InChI=1S/C21H20N2O2/c1-13-18(12-15-11-16(25-2)8-10-19(15)22-13)21(24)23-20-9-7-14-5-3-4-6-17(14)20/h3-6,8,10-12,20H,7,9H2,1-2H3,(H,23,24). The first-order valence-electron chi connectivity index (χ1n) is 8.50. The van der Waals surface area contributed by atoms with Crippen LogP contribution in [0.2, 0.25) is 0 Å². The van der Waals surface area contributed by atoms with Gasteiger partial charge in [0.25, 0.3) is 5.91 Å². The number of aryl methyl sites for hydroxylation is 2. The summed E-state index contributed by atoms with van der Waals surface area (Å²) in [7, 11) is 1.63. The molecule has 0 fully saturated rings. The molecule has 1 aliphatic rings. The molecule has 25 heavy (non-hydrogen) atoms. The maximum atomic E-state index is 12.8. The van der Waals surface area contributed by atoms with E-state index in [1.54, 1.807) is 7.11 Å². The number of pyridine rings is 1. The lowest BCUT2D eigenvalue weighted by molar-refractivity contribution is 0.0936. The van der Waals surface area contributed by atoms with Crippen molar-refractivity contribution in [1.82, 2.24) is 10.3 Å². The second-order valence-corrected chi connectivity index (χ2v) is 6.44. The number of methoxy groups -OCH3 is 1. The lowest BCUT2D eigenvalue weighted by Gasteiger charge is -2.15. The second-order valence-electron chi connectivity index (χ2n) is 6.44. The smallest absolute Gasteiger partial charge is 0.253 e. The van der Waals surface area contributed by atoms with Crippen molar-refractivity contribution < 1.29 is 9.53 Å². The van der Waals surface area contributed by atoms with E-state index in [4.69, 9.17) is 4.74 Å². The molecule has 4 nitrogen and oxygen atoms in total. The van der Waals surface area contributed by atoms with Crippen LogP contribution in [0.3, 0.4) is 0 Å². The third-order valence-corrected chi connectivity index (χ3v) is 4.90. The average molecular weight is 332 g/mol. The van der Waals surface area contributed by atoms with Crippen LogP contribution in [0.4, 0.5) is 0 Å². The number of nitrogens with zero attached hydrogens (tertiary/aromatic N) is 1. The molecular formula is C21H20N2O2. The number of amides is 1. The van der Waals surface area contributed by atoms with Gasteiger partial charge in [-0.15, -0.1) is 0 Å². The number of rotatable bonds is 3. The molecule has 0 spiro atoms. The summed E-state index contributed by atoms with van der Waals surface area (Å²) in [5, 5.41) is 4.08. The zero-order valence-electron chi connectivity index (χ0n) is 14.4. The summed E-state index contributed by atoms with van der Waals surface area (Å²) in [6, 6.07) is 16.0. The van der Waals surface area contributed by atoms with Gasteiger partial charge in [-0.05, 0) is 55.2 Å². The quantitative estimate of drug-likeness (QED) is 0.789. The van der Waals surface area contributed by atoms with E-state index in [0.717, 1.165) is 35.2 Å². The Hall–Kier alpha value is -2.88. The highest BCUT2D eigenvalue weighted by Gasteiger charge is 2.24. The van der Waals surface area contributed by atoms with E-state index >= 15 is 0 Å². The number of carbonyl (C=O) groups excluding carboxylic acids is 1. The van der Waals surface area contributed by atoms with Gasteiger partial charge in [0.2, 0.25) is 0 Å². The maximum Gasteiger partial charge on any atom is 0.253 e.